The van der Waals surface area contributed by atoms with Crippen LogP contribution in [0.3, 0.4) is 0 Å². The Morgan fingerprint density at radius 1 is 1.19 bits per heavy atom. The van der Waals surface area contributed by atoms with Crippen molar-refractivity contribution in [2.75, 3.05) is 34.5 Å². The van der Waals surface area contributed by atoms with Crippen molar-refractivity contribution < 1.29 is 28.9 Å². The zero-order valence-corrected chi connectivity index (χ0v) is 15.2. The maximum Gasteiger partial charge on any atom is 0.290 e. The first-order valence-electron chi connectivity index (χ1n) is 8.52. The smallest absolute Gasteiger partial charge is 0.290 e. The Morgan fingerprint density at radius 3 is 2.46 bits per heavy atom. The molecule has 1 saturated carbocycles. The number of benzene rings is 1. The first kappa shape index (κ1) is 18.3. The van der Waals surface area contributed by atoms with E-state index >= 15 is 0 Å². The molecule has 1 aromatic rings. The van der Waals surface area contributed by atoms with Crippen LogP contribution in [-0.4, -0.2) is 56.2 Å². The lowest BCUT2D eigenvalue weighted by Gasteiger charge is -2.27. The molecule has 1 heterocycles. The second-order valence-corrected chi connectivity index (χ2v) is 6.41. The number of aliphatic hydroxyl groups excluding tert-OH is 1. The van der Waals surface area contributed by atoms with Crippen LogP contribution in [0.4, 0.5) is 0 Å². The van der Waals surface area contributed by atoms with Crippen LogP contribution in [0.25, 0.3) is 0 Å². The quantitative estimate of drug-likeness (QED) is 0.763. The van der Waals surface area contributed by atoms with Gasteiger partial charge in [-0.05, 0) is 30.5 Å². The molecule has 1 N–H and O–H groups in total. The molecule has 0 bridgehead atoms. The highest BCUT2D eigenvalue weighted by Gasteiger charge is 2.47. The van der Waals surface area contributed by atoms with Crippen LogP contribution >= 0.6 is 0 Å². The molecule has 1 aliphatic heterocycles. The summed E-state index contributed by atoms with van der Waals surface area (Å²) in [5.74, 6) is -0.231. The molecule has 1 aliphatic carbocycles. The van der Waals surface area contributed by atoms with E-state index in [9.17, 15) is 14.7 Å². The standard InChI is InChI=1S/C19H23NO6/c1-24-9-8-20-16(12-6-7-13(25-2)14(10-12)26-3)15(18(22)19(20)23)17(21)11-4-5-11/h6-7,10-11,16,22H,4-5,8-9H2,1-3H3/t16-/m0/s1. The highest BCUT2D eigenvalue weighted by Crippen LogP contribution is 2.44. The maximum absolute atomic E-state index is 12.8. The highest BCUT2D eigenvalue weighted by atomic mass is 16.5. The summed E-state index contributed by atoms with van der Waals surface area (Å²) in [6, 6.07) is 4.57. The summed E-state index contributed by atoms with van der Waals surface area (Å²) in [5.41, 5.74) is 0.848. The van der Waals surface area contributed by atoms with Crippen molar-refractivity contribution in [3.05, 3.63) is 35.1 Å². The minimum atomic E-state index is -0.662. The van der Waals surface area contributed by atoms with Gasteiger partial charge in [0.1, 0.15) is 0 Å². The van der Waals surface area contributed by atoms with Crippen molar-refractivity contribution in [1.29, 1.82) is 0 Å². The average Bonchev–Trinajstić information content (AvgIpc) is 3.47. The first-order chi connectivity index (χ1) is 12.5. The molecule has 2 aliphatic rings. The summed E-state index contributed by atoms with van der Waals surface area (Å²) < 4.78 is 15.7. The van der Waals surface area contributed by atoms with Gasteiger partial charge >= 0.3 is 0 Å². The molecule has 1 aromatic carbocycles. The molecule has 7 nitrogen and oxygen atoms in total. The lowest BCUT2D eigenvalue weighted by atomic mass is 9.94. The zero-order chi connectivity index (χ0) is 18.8. The number of carbonyl (C=O) groups is 2. The predicted octanol–water partition coefficient (Wildman–Crippen LogP) is 2.02. The van der Waals surface area contributed by atoms with Gasteiger partial charge in [0.2, 0.25) is 0 Å². The van der Waals surface area contributed by atoms with Gasteiger partial charge in [0.15, 0.2) is 23.0 Å². The number of methoxy groups -OCH3 is 3. The number of rotatable bonds is 8. The summed E-state index contributed by atoms with van der Waals surface area (Å²) in [5, 5.41) is 10.4. The number of aliphatic hydroxyl groups is 1. The van der Waals surface area contributed by atoms with E-state index in [-0.39, 0.29) is 23.8 Å². The molecule has 0 radical (unpaired) electrons. The molecular formula is C19H23NO6. The van der Waals surface area contributed by atoms with E-state index in [0.29, 0.717) is 23.7 Å². The maximum atomic E-state index is 12.8. The Hall–Kier alpha value is -2.54. The van der Waals surface area contributed by atoms with E-state index in [4.69, 9.17) is 14.2 Å². The normalized spacial score (nSPS) is 19.9. The molecule has 0 unspecified atom stereocenters. The van der Waals surface area contributed by atoms with Crippen molar-refractivity contribution in [3.63, 3.8) is 0 Å². The molecule has 0 spiro atoms. The third-order valence-electron chi connectivity index (χ3n) is 4.78. The van der Waals surface area contributed by atoms with Crippen molar-refractivity contribution in [1.82, 2.24) is 4.90 Å². The van der Waals surface area contributed by atoms with E-state index in [2.05, 4.69) is 0 Å². The molecule has 0 aromatic heterocycles. The third kappa shape index (κ3) is 3.14. The van der Waals surface area contributed by atoms with Crippen molar-refractivity contribution in [2.45, 2.75) is 18.9 Å². The monoisotopic (exact) mass is 361 g/mol. The lowest BCUT2D eigenvalue weighted by Crippen LogP contribution is -2.34. The summed E-state index contributed by atoms with van der Waals surface area (Å²) in [6.45, 7) is 0.563. The van der Waals surface area contributed by atoms with E-state index < -0.39 is 17.7 Å². The SMILES string of the molecule is COCCN1C(=O)C(O)=C(C(=O)C2CC2)[C@@H]1c1ccc(OC)c(OC)c1. The molecule has 1 amide bonds. The van der Waals surface area contributed by atoms with Crippen LogP contribution < -0.4 is 9.47 Å². The van der Waals surface area contributed by atoms with Gasteiger partial charge in [0, 0.05) is 19.6 Å². The van der Waals surface area contributed by atoms with Crippen LogP contribution in [0.1, 0.15) is 24.4 Å². The molecule has 7 heteroatoms. The van der Waals surface area contributed by atoms with E-state index in [1.165, 1.54) is 26.2 Å². The molecular weight excluding hydrogens is 338 g/mol. The van der Waals surface area contributed by atoms with Crippen LogP contribution in [-0.2, 0) is 14.3 Å². The summed E-state index contributed by atoms with van der Waals surface area (Å²) >= 11 is 0. The van der Waals surface area contributed by atoms with Crippen LogP contribution in [0.15, 0.2) is 29.5 Å². The minimum absolute atomic E-state index is 0.107. The van der Waals surface area contributed by atoms with E-state index in [1.807, 2.05) is 0 Å². The van der Waals surface area contributed by atoms with Gasteiger partial charge in [-0.2, -0.15) is 0 Å². The minimum Gasteiger partial charge on any atom is -0.503 e. The number of Topliss-reactive ketones (excluding diaryl/α,β-unsaturated/α-hetero) is 1. The van der Waals surface area contributed by atoms with Crippen LogP contribution in [0.2, 0.25) is 0 Å². The van der Waals surface area contributed by atoms with Gasteiger partial charge in [-0.25, -0.2) is 0 Å². The molecule has 140 valence electrons. The number of nitrogens with zero attached hydrogens (tertiary/aromatic N) is 1. The van der Waals surface area contributed by atoms with Crippen molar-refractivity contribution >= 4 is 11.7 Å². The fraction of sp³-hybridized carbons (Fsp3) is 0.474. The van der Waals surface area contributed by atoms with E-state index in [0.717, 1.165) is 12.8 Å². The Kier molecular flexibility index (Phi) is 5.18. The van der Waals surface area contributed by atoms with Gasteiger partial charge in [0.05, 0.1) is 32.4 Å². The summed E-state index contributed by atoms with van der Waals surface area (Å²) in [7, 11) is 4.60. The fourth-order valence-electron chi connectivity index (χ4n) is 3.26. The largest absolute Gasteiger partial charge is 0.503 e. The van der Waals surface area contributed by atoms with Crippen molar-refractivity contribution in [2.24, 2.45) is 5.92 Å². The topological polar surface area (TPSA) is 85.3 Å². The number of ether oxygens (including phenoxy) is 3. The Bertz CT molecular complexity index is 752. The Balaban J connectivity index is 2.05. The first-order valence-corrected chi connectivity index (χ1v) is 8.52. The molecule has 3 rings (SSSR count). The Morgan fingerprint density at radius 2 is 1.88 bits per heavy atom. The highest BCUT2D eigenvalue weighted by molar-refractivity contribution is 6.10. The van der Waals surface area contributed by atoms with Gasteiger partial charge in [-0.1, -0.05) is 6.07 Å². The zero-order valence-electron chi connectivity index (χ0n) is 15.2. The molecule has 1 atom stereocenters. The molecule has 0 saturated heterocycles. The molecule has 1 fully saturated rings. The van der Waals surface area contributed by atoms with Crippen molar-refractivity contribution in [3.8, 4) is 11.5 Å². The van der Waals surface area contributed by atoms with E-state index in [1.54, 1.807) is 18.2 Å². The summed E-state index contributed by atoms with van der Waals surface area (Å²) in [4.78, 5) is 26.8. The number of carbonyl (C=O) groups excluding carboxylic acids is 2. The number of ketones is 1. The second kappa shape index (κ2) is 7.37. The van der Waals surface area contributed by atoms with Gasteiger partial charge < -0.3 is 24.2 Å². The number of hydrogen-bond acceptors (Lipinski definition) is 6. The van der Waals surface area contributed by atoms with Crippen LogP contribution in [0.5, 0.6) is 11.5 Å². The third-order valence-corrected chi connectivity index (χ3v) is 4.78. The fourth-order valence-corrected chi connectivity index (χ4v) is 3.26. The summed E-state index contributed by atoms with van der Waals surface area (Å²) in [6.07, 6.45) is 1.58. The second-order valence-electron chi connectivity index (χ2n) is 6.41. The predicted molar refractivity (Wildman–Crippen MR) is 93.3 cm³/mol. The van der Waals surface area contributed by atoms with Gasteiger partial charge in [0.25, 0.3) is 5.91 Å². The van der Waals surface area contributed by atoms with Crippen LogP contribution in [0, 0.1) is 5.92 Å². The number of amides is 1. The Labute approximate surface area is 152 Å². The molecule has 26 heavy (non-hydrogen) atoms. The average molecular weight is 361 g/mol. The number of hydrogen-bond donors (Lipinski definition) is 1. The van der Waals surface area contributed by atoms with Gasteiger partial charge in [-0.15, -0.1) is 0 Å². The van der Waals surface area contributed by atoms with Gasteiger partial charge in [-0.3, -0.25) is 9.59 Å². The lowest BCUT2D eigenvalue weighted by molar-refractivity contribution is -0.130.